The minimum atomic E-state index is 0.0713. The van der Waals surface area contributed by atoms with E-state index in [0.717, 1.165) is 50.7 Å². The van der Waals surface area contributed by atoms with Crippen LogP contribution in [-0.2, 0) is 6.42 Å². The van der Waals surface area contributed by atoms with E-state index in [-0.39, 0.29) is 11.8 Å². The molecule has 7 heteroatoms. The highest BCUT2D eigenvalue weighted by Crippen LogP contribution is 2.36. The van der Waals surface area contributed by atoms with Crippen molar-refractivity contribution in [2.45, 2.75) is 38.5 Å². The number of anilines is 1. The Balaban J connectivity index is 1.48. The molecule has 2 aromatic rings. The predicted molar refractivity (Wildman–Crippen MR) is 113 cm³/mol. The first kappa shape index (κ1) is 19.3. The van der Waals surface area contributed by atoms with E-state index in [2.05, 4.69) is 40.6 Å². The van der Waals surface area contributed by atoms with Crippen LogP contribution >= 0.6 is 11.3 Å². The maximum Gasteiger partial charge on any atom is 0.282 e. The predicted octanol–water partition coefficient (Wildman–Crippen LogP) is 3.22. The van der Waals surface area contributed by atoms with Crippen LogP contribution in [0.4, 0.5) is 5.82 Å². The molecule has 6 nitrogen and oxygen atoms in total. The highest BCUT2D eigenvalue weighted by Gasteiger charge is 2.29. The molecule has 1 atom stereocenters. The van der Waals surface area contributed by atoms with Crippen molar-refractivity contribution in [2.24, 2.45) is 0 Å². The molecule has 150 valence electrons. The van der Waals surface area contributed by atoms with Gasteiger partial charge in [0.2, 0.25) is 0 Å². The number of aryl methyl sites for hydroxylation is 1. The first-order valence-electron chi connectivity index (χ1n) is 10.3. The van der Waals surface area contributed by atoms with Crippen LogP contribution in [0.3, 0.4) is 0 Å². The van der Waals surface area contributed by atoms with Crippen LogP contribution in [0.2, 0.25) is 0 Å². The number of fused-ring (bicyclic) bond motifs is 1. The van der Waals surface area contributed by atoms with Crippen molar-refractivity contribution in [3.8, 4) is 0 Å². The van der Waals surface area contributed by atoms with Crippen molar-refractivity contribution >= 4 is 23.1 Å². The van der Waals surface area contributed by atoms with Crippen molar-refractivity contribution in [2.75, 3.05) is 45.1 Å². The topological polar surface area (TPSA) is 61.4 Å². The van der Waals surface area contributed by atoms with Crippen molar-refractivity contribution < 1.29 is 4.79 Å². The van der Waals surface area contributed by atoms with Crippen molar-refractivity contribution in [1.29, 1.82) is 0 Å². The second-order valence-electron chi connectivity index (χ2n) is 7.84. The first-order chi connectivity index (χ1) is 13.7. The van der Waals surface area contributed by atoms with Gasteiger partial charge in [0, 0.05) is 55.8 Å². The molecule has 4 rings (SSSR count). The number of rotatable bonds is 6. The summed E-state index contributed by atoms with van der Waals surface area (Å²) >= 11 is 1.47. The largest absolute Gasteiger partial charge is 0.369 e. The van der Waals surface area contributed by atoms with Gasteiger partial charge in [-0.2, -0.15) is 0 Å². The second-order valence-corrected chi connectivity index (χ2v) is 8.70. The van der Waals surface area contributed by atoms with Gasteiger partial charge in [0.1, 0.15) is 5.82 Å². The summed E-state index contributed by atoms with van der Waals surface area (Å²) in [6.07, 6.45) is 6.75. The average molecular weight is 400 g/mol. The monoisotopic (exact) mass is 399 g/mol. The Bertz CT molecular complexity index is 828. The number of piperazine rings is 1. The van der Waals surface area contributed by atoms with Gasteiger partial charge in [0.05, 0.1) is 5.69 Å². The average Bonchev–Trinajstić information content (AvgIpc) is 3.35. The number of nitrogens with one attached hydrogen (secondary N) is 1. The summed E-state index contributed by atoms with van der Waals surface area (Å²) in [5.74, 6) is 1.21. The molecule has 1 amide bonds. The lowest BCUT2D eigenvalue weighted by Gasteiger charge is -2.31. The number of aromatic nitrogens is 2. The van der Waals surface area contributed by atoms with Gasteiger partial charge in [-0.1, -0.05) is 19.8 Å². The fourth-order valence-electron chi connectivity index (χ4n) is 3.92. The molecule has 0 aromatic carbocycles. The zero-order valence-corrected chi connectivity index (χ0v) is 17.6. The first-order valence-corrected chi connectivity index (χ1v) is 11.2. The normalized spacial score (nSPS) is 19.5. The summed E-state index contributed by atoms with van der Waals surface area (Å²) in [5.41, 5.74) is 3.50. The number of unbranched alkanes of at least 4 members (excludes halogenated alkanes) is 2. The third-order valence-corrected chi connectivity index (χ3v) is 6.59. The molecule has 1 unspecified atom stereocenters. The van der Waals surface area contributed by atoms with Crippen LogP contribution in [0.1, 0.15) is 58.7 Å². The van der Waals surface area contributed by atoms with Crippen LogP contribution < -0.4 is 5.32 Å². The molecule has 0 saturated carbocycles. The molecule has 0 radical (unpaired) electrons. The minimum Gasteiger partial charge on any atom is -0.369 e. The number of nitrogens with zero attached hydrogens (tertiary/aromatic N) is 4. The lowest BCUT2D eigenvalue weighted by atomic mass is 9.97. The van der Waals surface area contributed by atoms with Gasteiger partial charge in [-0.05, 0) is 31.5 Å². The van der Waals surface area contributed by atoms with Crippen LogP contribution in [0.5, 0.6) is 0 Å². The number of pyridine rings is 1. The molecule has 1 saturated heterocycles. The van der Waals surface area contributed by atoms with E-state index in [0.29, 0.717) is 5.01 Å². The standard InChI is InChI=1S/C21H29N5OS/c1-3-4-5-6-15-11-16-17(13-23-19(16)22-12-15)18-14-28-20(24-18)21(27)26-9-7-25(2)8-10-26/h11-12,14,17H,3-10,13H2,1-2H3,(H,22,23). The molecule has 2 aliphatic heterocycles. The van der Waals surface area contributed by atoms with Crippen LogP contribution in [0.15, 0.2) is 17.6 Å². The molecule has 28 heavy (non-hydrogen) atoms. The Morgan fingerprint density at radius 3 is 2.89 bits per heavy atom. The molecular weight excluding hydrogens is 370 g/mol. The van der Waals surface area contributed by atoms with E-state index in [4.69, 9.17) is 4.98 Å². The summed E-state index contributed by atoms with van der Waals surface area (Å²) in [6.45, 7) is 6.44. The van der Waals surface area contributed by atoms with E-state index in [1.54, 1.807) is 0 Å². The highest BCUT2D eigenvalue weighted by molar-refractivity contribution is 7.11. The zero-order valence-electron chi connectivity index (χ0n) is 16.8. The SMILES string of the molecule is CCCCCc1cnc2c(c1)C(c1csc(C(=O)N3CCN(C)CC3)n1)CN2. The smallest absolute Gasteiger partial charge is 0.282 e. The highest BCUT2D eigenvalue weighted by atomic mass is 32.1. The molecule has 1 N–H and O–H groups in total. The molecule has 4 heterocycles. The number of thiazole rings is 1. The Kier molecular flexibility index (Phi) is 5.92. The molecule has 0 aliphatic carbocycles. The van der Waals surface area contributed by atoms with E-state index < -0.39 is 0 Å². The van der Waals surface area contributed by atoms with Crippen LogP contribution in [0, 0.1) is 0 Å². The lowest BCUT2D eigenvalue weighted by Crippen LogP contribution is -2.47. The second kappa shape index (κ2) is 8.57. The maximum absolute atomic E-state index is 12.8. The fourth-order valence-corrected chi connectivity index (χ4v) is 4.76. The summed E-state index contributed by atoms with van der Waals surface area (Å²) < 4.78 is 0. The molecule has 0 spiro atoms. The molecule has 2 aliphatic rings. The summed E-state index contributed by atoms with van der Waals surface area (Å²) in [7, 11) is 2.10. The third-order valence-electron chi connectivity index (χ3n) is 5.74. The molecular formula is C21H29N5OS. The van der Waals surface area contributed by atoms with Crippen molar-refractivity contribution in [1.82, 2.24) is 19.8 Å². The Morgan fingerprint density at radius 2 is 2.11 bits per heavy atom. The van der Waals surface area contributed by atoms with Gasteiger partial charge in [-0.15, -0.1) is 11.3 Å². The lowest BCUT2D eigenvalue weighted by molar-refractivity contribution is 0.0663. The summed E-state index contributed by atoms with van der Waals surface area (Å²) in [5, 5.41) is 6.06. The number of carbonyl (C=O) groups is 1. The third kappa shape index (κ3) is 4.05. The van der Waals surface area contributed by atoms with E-state index in [1.165, 1.54) is 41.7 Å². The zero-order chi connectivity index (χ0) is 19.5. The maximum atomic E-state index is 12.8. The van der Waals surface area contributed by atoms with E-state index in [1.807, 2.05) is 11.1 Å². The van der Waals surface area contributed by atoms with Crippen molar-refractivity contribution in [3.63, 3.8) is 0 Å². The van der Waals surface area contributed by atoms with E-state index in [9.17, 15) is 4.79 Å². The molecule has 0 bridgehead atoms. The quantitative estimate of drug-likeness (QED) is 0.756. The van der Waals surface area contributed by atoms with Crippen LogP contribution in [-0.4, -0.2) is 65.4 Å². The summed E-state index contributed by atoms with van der Waals surface area (Å²) in [6, 6.07) is 2.28. The van der Waals surface area contributed by atoms with Gasteiger partial charge in [0.15, 0.2) is 5.01 Å². The number of carbonyl (C=O) groups excluding carboxylic acids is 1. The molecule has 1 fully saturated rings. The van der Waals surface area contributed by atoms with Gasteiger partial charge in [-0.25, -0.2) is 9.97 Å². The number of hydrogen-bond acceptors (Lipinski definition) is 6. The Morgan fingerprint density at radius 1 is 1.29 bits per heavy atom. The van der Waals surface area contributed by atoms with Gasteiger partial charge in [0.25, 0.3) is 5.91 Å². The van der Waals surface area contributed by atoms with E-state index >= 15 is 0 Å². The van der Waals surface area contributed by atoms with Gasteiger partial charge in [-0.3, -0.25) is 4.79 Å². The van der Waals surface area contributed by atoms with Crippen LogP contribution in [0.25, 0.3) is 0 Å². The Labute approximate surface area is 171 Å². The minimum absolute atomic E-state index is 0.0713. The van der Waals surface area contributed by atoms with Crippen molar-refractivity contribution in [3.05, 3.63) is 39.5 Å². The number of likely N-dealkylation sites (N-methyl/N-ethyl adjacent to an activating group) is 1. The fraction of sp³-hybridized carbons (Fsp3) is 0.571. The summed E-state index contributed by atoms with van der Waals surface area (Å²) in [4.78, 5) is 26.3. The van der Waals surface area contributed by atoms with Gasteiger partial charge >= 0.3 is 0 Å². The number of hydrogen-bond donors (Lipinski definition) is 1. The van der Waals surface area contributed by atoms with Gasteiger partial charge < -0.3 is 15.1 Å². The Hall–Kier alpha value is -1.99. The number of amides is 1. The molecule has 2 aromatic heterocycles.